The first-order chi connectivity index (χ1) is 8.51. The fourth-order valence-electron chi connectivity index (χ4n) is 2.17. The highest BCUT2D eigenvalue weighted by atomic mass is 16.7. The second-order valence-corrected chi connectivity index (χ2v) is 5.32. The standard InChI is InChI=1S/C15H22O3/c1-11(2)10-16-13-5-6-14(12(3)9-13)15(4)17-7-8-18-15/h5-6,9,11H,7-8,10H2,1-4H3. The van der Waals surface area contributed by atoms with Gasteiger partial charge < -0.3 is 14.2 Å². The Hall–Kier alpha value is -1.06. The van der Waals surface area contributed by atoms with Crippen LogP contribution in [0.5, 0.6) is 5.75 Å². The molecule has 1 saturated heterocycles. The van der Waals surface area contributed by atoms with Gasteiger partial charge in [0.15, 0.2) is 5.79 Å². The molecule has 1 aromatic rings. The molecule has 0 atom stereocenters. The monoisotopic (exact) mass is 250 g/mol. The van der Waals surface area contributed by atoms with E-state index in [4.69, 9.17) is 14.2 Å². The van der Waals surface area contributed by atoms with Crippen LogP contribution in [0.25, 0.3) is 0 Å². The maximum absolute atomic E-state index is 5.72. The van der Waals surface area contributed by atoms with Crippen LogP contribution in [0.2, 0.25) is 0 Å². The lowest BCUT2D eigenvalue weighted by Gasteiger charge is -2.25. The Morgan fingerprint density at radius 1 is 1.28 bits per heavy atom. The Kier molecular flexibility index (Phi) is 3.93. The highest BCUT2D eigenvalue weighted by Gasteiger charge is 2.34. The molecule has 100 valence electrons. The van der Waals surface area contributed by atoms with Crippen molar-refractivity contribution in [2.45, 2.75) is 33.5 Å². The van der Waals surface area contributed by atoms with Crippen molar-refractivity contribution in [2.75, 3.05) is 19.8 Å². The lowest BCUT2D eigenvalue weighted by molar-refractivity contribution is -0.150. The smallest absolute Gasteiger partial charge is 0.192 e. The molecule has 0 aromatic heterocycles. The van der Waals surface area contributed by atoms with Gasteiger partial charge in [-0.1, -0.05) is 13.8 Å². The summed E-state index contributed by atoms with van der Waals surface area (Å²) in [6.45, 7) is 10.4. The van der Waals surface area contributed by atoms with E-state index < -0.39 is 5.79 Å². The molecule has 3 heteroatoms. The molecular formula is C15H22O3. The summed E-state index contributed by atoms with van der Waals surface area (Å²) in [5.74, 6) is 0.844. The molecule has 0 bridgehead atoms. The van der Waals surface area contributed by atoms with Gasteiger partial charge in [-0.2, -0.15) is 0 Å². The molecule has 1 aliphatic heterocycles. The molecule has 0 N–H and O–H groups in total. The minimum absolute atomic E-state index is 0.531. The summed E-state index contributed by atoms with van der Waals surface area (Å²) in [7, 11) is 0. The maximum Gasteiger partial charge on any atom is 0.192 e. The van der Waals surface area contributed by atoms with Crippen molar-refractivity contribution in [1.82, 2.24) is 0 Å². The Balaban J connectivity index is 2.14. The molecule has 0 saturated carbocycles. The second-order valence-electron chi connectivity index (χ2n) is 5.32. The number of ether oxygens (including phenoxy) is 3. The van der Waals surface area contributed by atoms with Crippen molar-refractivity contribution in [3.63, 3.8) is 0 Å². The van der Waals surface area contributed by atoms with Crippen LogP contribution >= 0.6 is 0 Å². The van der Waals surface area contributed by atoms with E-state index in [0.717, 1.165) is 23.5 Å². The third-order valence-corrected chi connectivity index (χ3v) is 3.11. The van der Waals surface area contributed by atoms with E-state index >= 15 is 0 Å². The SMILES string of the molecule is Cc1cc(OCC(C)C)ccc1C1(C)OCCO1. The predicted molar refractivity (Wildman–Crippen MR) is 70.8 cm³/mol. The average molecular weight is 250 g/mol. The van der Waals surface area contributed by atoms with Gasteiger partial charge in [0, 0.05) is 5.56 Å². The minimum Gasteiger partial charge on any atom is -0.493 e. The largest absolute Gasteiger partial charge is 0.493 e. The highest BCUT2D eigenvalue weighted by Crippen LogP contribution is 2.34. The molecule has 0 amide bonds. The van der Waals surface area contributed by atoms with E-state index in [1.807, 2.05) is 25.1 Å². The molecule has 18 heavy (non-hydrogen) atoms. The van der Waals surface area contributed by atoms with Crippen LogP contribution in [0.1, 0.15) is 31.9 Å². The third kappa shape index (κ3) is 2.85. The van der Waals surface area contributed by atoms with Crippen molar-refractivity contribution < 1.29 is 14.2 Å². The molecule has 0 unspecified atom stereocenters. The minimum atomic E-state index is -0.597. The van der Waals surface area contributed by atoms with Gasteiger partial charge in [0.05, 0.1) is 19.8 Å². The van der Waals surface area contributed by atoms with Crippen molar-refractivity contribution in [1.29, 1.82) is 0 Å². The van der Waals surface area contributed by atoms with E-state index in [-0.39, 0.29) is 0 Å². The molecular weight excluding hydrogens is 228 g/mol. The van der Waals surface area contributed by atoms with Gasteiger partial charge >= 0.3 is 0 Å². The molecule has 1 aliphatic rings. The topological polar surface area (TPSA) is 27.7 Å². The van der Waals surface area contributed by atoms with Crippen molar-refractivity contribution in [2.24, 2.45) is 5.92 Å². The maximum atomic E-state index is 5.72. The Morgan fingerprint density at radius 3 is 2.50 bits per heavy atom. The van der Waals surface area contributed by atoms with Crippen LogP contribution in [0.3, 0.4) is 0 Å². The summed E-state index contributed by atoms with van der Waals surface area (Å²) >= 11 is 0. The summed E-state index contributed by atoms with van der Waals surface area (Å²) in [5.41, 5.74) is 2.22. The fourth-order valence-corrected chi connectivity index (χ4v) is 2.17. The van der Waals surface area contributed by atoms with Crippen LogP contribution < -0.4 is 4.74 Å². The summed E-state index contributed by atoms with van der Waals surface area (Å²) in [6.07, 6.45) is 0. The molecule has 2 rings (SSSR count). The van der Waals surface area contributed by atoms with Gasteiger partial charge in [-0.15, -0.1) is 0 Å². The first-order valence-electron chi connectivity index (χ1n) is 6.53. The summed E-state index contributed by atoms with van der Waals surface area (Å²) in [5, 5.41) is 0. The van der Waals surface area contributed by atoms with Crippen LogP contribution in [-0.4, -0.2) is 19.8 Å². The molecule has 0 spiro atoms. The van der Waals surface area contributed by atoms with Crippen LogP contribution in [0, 0.1) is 12.8 Å². The number of rotatable bonds is 4. The van der Waals surface area contributed by atoms with Gasteiger partial charge in [0.2, 0.25) is 0 Å². The summed E-state index contributed by atoms with van der Waals surface area (Å²) in [6, 6.07) is 6.07. The Labute approximate surface area is 109 Å². The lowest BCUT2D eigenvalue weighted by atomic mass is 10.0. The number of benzene rings is 1. The van der Waals surface area contributed by atoms with Gasteiger partial charge in [-0.3, -0.25) is 0 Å². The zero-order valence-corrected chi connectivity index (χ0v) is 11.7. The molecule has 1 heterocycles. The number of aryl methyl sites for hydroxylation is 1. The first-order valence-corrected chi connectivity index (χ1v) is 6.53. The van der Waals surface area contributed by atoms with E-state index in [0.29, 0.717) is 19.1 Å². The zero-order valence-electron chi connectivity index (χ0n) is 11.7. The van der Waals surface area contributed by atoms with Crippen LogP contribution in [0.4, 0.5) is 0 Å². The Morgan fingerprint density at radius 2 is 1.94 bits per heavy atom. The summed E-state index contributed by atoms with van der Waals surface area (Å²) in [4.78, 5) is 0. The van der Waals surface area contributed by atoms with Gasteiger partial charge in [0.1, 0.15) is 5.75 Å². The van der Waals surface area contributed by atoms with Gasteiger partial charge in [-0.25, -0.2) is 0 Å². The normalized spacial score (nSPS) is 18.3. The predicted octanol–water partition coefficient (Wildman–Crippen LogP) is 3.25. The molecule has 0 radical (unpaired) electrons. The average Bonchev–Trinajstić information content (AvgIpc) is 2.74. The molecule has 0 aliphatic carbocycles. The van der Waals surface area contributed by atoms with Gasteiger partial charge in [0.25, 0.3) is 0 Å². The second kappa shape index (κ2) is 5.29. The van der Waals surface area contributed by atoms with E-state index in [9.17, 15) is 0 Å². The van der Waals surface area contributed by atoms with E-state index in [1.54, 1.807) is 0 Å². The zero-order chi connectivity index (χ0) is 13.2. The van der Waals surface area contributed by atoms with Crippen molar-refractivity contribution >= 4 is 0 Å². The number of hydrogen-bond donors (Lipinski definition) is 0. The quantitative estimate of drug-likeness (QED) is 0.821. The van der Waals surface area contributed by atoms with Crippen LogP contribution in [-0.2, 0) is 15.3 Å². The van der Waals surface area contributed by atoms with Crippen molar-refractivity contribution in [3.05, 3.63) is 29.3 Å². The molecule has 3 nitrogen and oxygen atoms in total. The number of hydrogen-bond acceptors (Lipinski definition) is 3. The first kappa shape index (κ1) is 13.4. The Bertz CT molecular complexity index is 406. The highest BCUT2D eigenvalue weighted by molar-refractivity contribution is 5.37. The van der Waals surface area contributed by atoms with Crippen LogP contribution in [0.15, 0.2) is 18.2 Å². The molecule has 1 fully saturated rings. The van der Waals surface area contributed by atoms with Crippen molar-refractivity contribution in [3.8, 4) is 5.75 Å². The lowest BCUT2D eigenvalue weighted by Crippen LogP contribution is -2.23. The van der Waals surface area contributed by atoms with E-state index in [2.05, 4.69) is 20.8 Å². The third-order valence-electron chi connectivity index (χ3n) is 3.11. The van der Waals surface area contributed by atoms with Gasteiger partial charge in [-0.05, 0) is 43.5 Å². The van der Waals surface area contributed by atoms with E-state index in [1.165, 1.54) is 0 Å². The summed E-state index contributed by atoms with van der Waals surface area (Å²) < 4.78 is 17.1. The fraction of sp³-hybridized carbons (Fsp3) is 0.600. The molecule has 1 aromatic carbocycles.